The molecule has 0 heterocycles. The smallest absolute Gasteiger partial charge is 0.226 e. The minimum Gasteiger partial charge on any atom is -0.326 e. The predicted molar refractivity (Wildman–Crippen MR) is 82.6 cm³/mol. The molecule has 2 aromatic rings. The summed E-state index contributed by atoms with van der Waals surface area (Å²) in [7, 11) is 0. The number of fused-ring (bicyclic) bond motifs is 1. The van der Waals surface area contributed by atoms with Crippen molar-refractivity contribution >= 4 is 22.4 Å². The number of nitrogens with one attached hydrogen (secondary N) is 1. The van der Waals surface area contributed by atoms with Crippen molar-refractivity contribution in [3.8, 4) is 0 Å². The molecule has 0 saturated heterocycles. The van der Waals surface area contributed by atoms with Crippen LogP contribution in [0.4, 0.5) is 5.69 Å². The van der Waals surface area contributed by atoms with Crippen molar-refractivity contribution in [2.24, 2.45) is 5.73 Å². The summed E-state index contributed by atoms with van der Waals surface area (Å²) in [6.45, 7) is 0. The first-order valence-corrected chi connectivity index (χ1v) is 7.22. The van der Waals surface area contributed by atoms with Gasteiger partial charge in [-0.2, -0.15) is 0 Å². The van der Waals surface area contributed by atoms with Crippen LogP contribution in [-0.4, -0.2) is 11.4 Å². The third-order valence-corrected chi connectivity index (χ3v) is 4.15. The average molecular weight is 268 g/mol. The quantitative estimate of drug-likeness (QED) is 0.896. The van der Waals surface area contributed by atoms with E-state index in [9.17, 15) is 4.79 Å². The minimum atomic E-state index is -0.291. The summed E-state index contributed by atoms with van der Waals surface area (Å²) in [5.41, 5.74) is 6.80. The maximum absolute atomic E-state index is 12.1. The van der Waals surface area contributed by atoms with Crippen LogP contribution in [0.5, 0.6) is 0 Å². The predicted octanol–water partition coefficient (Wildman–Crippen LogP) is 3.44. The van der Waals surface area contributed by atoms with Gasteiger partial charge in [0.05, 0.1) is 0 Å². The molecule has 0 radical (unpaired) electrons. The van der Waals surface area contributed by atoms with Crippen LogP contribution in [0.3, 0.4) is 0 Å². The molecule has 1 saturated carbocycles. The van der Waals surface area contributed by atoms with E-state index in [2.05, 4.69) is 11.4 Å². The molecular formula is C17H20N2O. The number of anilines is 1. The molecule has 3 nitrogen and oxygen atoms in total. The molecule has 104 valence electrons. The van der Waals surface area contributed by atoms with Gasteiger partial charge < -0.3 is 11.1 Å². The van der Waals surface area contributed by atoms with Gasteiger partial charge in [0.25, 0.3) is 0 Å². The molecule has 0 atom stereocenters. The molecule has 0 aromatic heterocycles. The lowest BCUT2D eigenvalue weighted by atomic mass is 9.94. The van der Waals surface area contributed by atoms with Crippen molar-refractivity contribution in [3.63, 3.8) is 0 Å². The molecule has 0 unspecified atom stereocenters. The van der Waals surface area contributed by atoms with E-state index in [-0.39, 0.29) is 11.4 Å². The van der Waals surface area contributed by atoms with Gasteiger partial charge in [-0.15, -0.1) is 0 Å². The summed E-state index contributed by atoms with van der Waals surface area (Å²) in [6.07, 6.45) is 4.61. The van der Waals surface area contributed by atoms with Gasteiger partial charge in [0.1, 0.15) is 0 Å². The molecule has 1 fully saturated rings. The first kappa shape index (κ1) is 13.1. The van der Waals surface area contributed by atoms with Crippen molar-refractivity contribution < 1.29 is 4.79 Å². The van der Waals surface area contributed by atoms with Gasteiger partial charge in [0, 0.05) is 17.6 Å². The van der Waals surface area contributed by atoms with E-state index >= 15 is 0 Å². The zero-order valence-electron chi connectivity index (χ0n) is 11.6. The summed E-state index contributed by atoms with van der Waals surface area (Å²) in [5, 5.41) is 5.28. The van der Waals surface area contributed by atoms with Crippen molar-refractivity contribution in [2.45, 2.75) is 37.6 Å². The summed E-state index contributed by atoms with van der Waals surface area (Å²) >= 11 is 0. The van der Waals surface area contributed by atoms with E-state index in [1.807, 2.05) is 36.4 Å². The highest BCUT2D eigenvalue weighted by Gasteiger charge is 2.31. The molecule has 3 N–H and O–H groups in total. The van der Waals surface area contributed by atoms with E-state index in [0.29, 0.717) is 6.42 Å². The lowest BCUT2D eigenvalue weighted by Crippen LogP contribution is -2.40. The molecule has 0 spiro atoms. The SMILES string of the molecule is NC1(CC(=O)Nc2ccc3ccccc3c2)CCCC1. The van der Waals surface area contributed by atoms with E-state index in [1.165, 1.54) is 5.39 Å². The number of carbonyl (C=O) groups excluding carboxylic acids is 1. The Hall–Kier alpha value is -1.87. The van der Waals surface area contributed by atoms with Crippen LogP contribution in [0.25, 0.3) is 10.8 Å². The van der Waals surface area contributed by atoms with Crippen LogP contribution >= 0.6 is 0 Å². The van der Waals surface area contributed by atoms with Gasteiger partial charge in [-0.1, -0.05) is 43.2 Å². The molecule has 0 aliphatic heterocycles. The van der Waals surface area contributed by atoms with Gasteiger partial charge in [-0.05, 0) is 35.7 Å². The van der Waals surface area contributed by atoms with Crippen LogP contribution in [-0.2, 0) is 4.79 Å². The monoisotopic (exact) mass is 268 g/mol. The lowest BCUT2D eigenvalue weighted by Gasteiger charge is -2.22. The van der Waals surface area contributed by atoms with Crippen LogP contribution in [0, 0.1) is 0 Å². The highest BCUT2D eigenvalue weighted by Crippen LogP contribution is 2.30. The molecule has 1 aliphatic carbocycles. The number of nitrogens with two attached hydrogens (primary N) is 1. The number of hydrogen-bond acceptors (Lipinski definition) is 2. The maximum Gasteiger partial charge on any atom is 0.226 e. The number of hydrogen-bond donors (Lipinski definition) is 2. The van der Waals surface area contributed by atoms with E-state index in [4.69, 9.17) is 5.73 Å². The van der Waals surface area contributed by atoms with Crippen molar-refractivity contribution in [1.29, 1.82) is 0 Å². The number of amides is 1. The largest absolute Gasteiger partial charge is 0.326 e. The Labute approximate surface area is 119 Å². The van der Waals surface area contributed by atoms with Crippen LogP contribution < -0.4 is 11.1 Å². The Kier molecular flexibility index (Phi) is 3.45. The molecule has 3 heteroatoms. The molecule has 0 bridgehead atoms. The first-order chi connectivity index (χ1) is 9.65. The Bertz CT molecular complexity index is 630. The summed E-state index contributed by atoms with van der Waals surface area (Å²) in [6, 6.07) is 14.1. The van der Waals surface area contributed by atoms with Crippen molar-refractivity contribution in [1.82, 2.24) is 0 Å². The molecule has 20 heavy (non-hydrogen) atoms. The number of carbonyl (C=O) groups is 1. The van der Waals surface area contributed by atoms with Gasteiger partial charge in [0.2, 0.25) is 5.91 Å². The second-order valence-electron chi connectivity index (χ2n) is 5.86. The fourth-order valence-corrected chi connectivity index (χ4v) is 3.05. The topological polar surface area (TPSA) is 55.1 Å². The van der Waals surface area contributed by atoms with Gasteiger partial charge in [-0.25, -0.2) is 0 Å². The highest BCUT2D eigenvalue weighted by molar-refractivity contribution is 5.94. The molecule has 2 aromatic carbocycles. The third-order valence-electron chi connectivity index (χ3n) is 4.15. The lowest BCUT2D eigenvalue weighted by molar-refractivity contribution is -0.117. The van der Waals surface area contributed by atoms with Crippen molar-refractivity contribution in [3.05, 3.63) is 42.5 Å². The third kappa shape index (κ3) is 2.83. The fourth-order valence-electron chi connectivity index (χ4n) is 3.05. The van der Waals surface area contributed by atoms with Crippen LogP contribution in [0.2, 0.25) is 0 Å². The normalized spacial score (nSPS) is 17.2. The Morgan fingerprint density at radius 1 is 1.10 bits per heavy atom. The van der Waals surface area contributed by atoms with Crippen LogP contribution in [0.1, 0.15) is 32.1 Å². The zero-order chi connectivity index (χ0) is 14.0. The Morgan fingerprint density at radius 2 is 1.80 bits per heavy atom. The maximum atomic E-state index is 12.1. The number of benzene rings is 2. The van der Waals surface area contributed by atoms with E-state index in [0.717, 1.165) is 36.8 Å². The molecular weight excluding hydrogens is 248 g/mol. The fraction of sp³-hybridized carbons (Fsp3) is 0.353. The number of rotatable bonds is 3. The van der Waals surface area contributed by atoms with Crippen LogP contribution in [0.15, 0.2) is 42.5 Å². The molecule has 1 aliphatic rings. The molecule has 1 amide bonds. The minimum absolute atomic E-state index is 0.0182. The Morgan fingerprint density at radius 3 is 2.55 bits per heavy atom. The second kappa shape index (κ2) is 5.25. The van der Waals surface area contributed by atoms with Gasteiger partial charge in [-0.3, -0.25) is 4.79 Å². The van der Waals surface area contributed by atoms with Crippen molar-refractivity contribution in [2.75, 3.05) is 5.32 Å². The summed E-state index contributed by atoms with van der Waals surface area (Å²) < 4.78 is 0. The Balaban J connectivity index is 1.70. The summed E-state index contributed by atoms with van der Waals surface area (Å²) in [4.78, 5) is 12.1. The standard InChI is InChI=1S/C17H20N2O/c18-17(9-3-4-10-17)12-16(20)19-15-8-7-13-5-1-2-6-14(13)11-15/h1-2,5-8,11H,3-4,9-10,12,18H2,(H,19,20). The van der Waals surface area contributed by atoms with E-state index in [1.54, 1.807) is 0 Å². The van der Waals surface area contributed by atoms with Gasteiger partial charge in [0.15, 0.2) is 0 Å². The zero-order valence-corrected chi connectivity index (χ0v) is 11.6. The summed E-state index contributed by atoms with van der Waals surface area (Å²) in [5.74, 6) is 0.0182. The van der Waals surface area contributed by atoms with Gasteiger partial charge >= 0.3 is 0 Å². The highest BCUT2D eigenvalue weighted by atomic mass is 16.1. The average Bonchev–Trinajstić information content (AvgIpc) is 2.84. The molecule has 3 rings (SSSR count). The van der Waals surface area contributed by atoms with E-state index < -0.39 is 0 Å². The first-order valence-electron chi connectivity index (χ1n) is 7.22. The second-order valence-corrected chi connectivity index (χ2v) is 5.86.